The van der Waals surface area contributed by atoms with E-state index in [0.29, 0.717) is 13.0 Å². The maximum absolute atomic E-state index is 11.2. The second-order valence-electron chi connectivity index (χ2n) is 3.41. The molecule has 81 valence electrons. The zero-order valence-corrected chi connectivity index (χ0v) is 8.91. The molecule has 15 heavy (non-hydrogen) atoms. The lowest BCUT2D eigenvalue weighted by Gasteiger charge is -2.03. The Labute approximate surface area is 90.9 Å². The molecule has 0 bridgehead atoms. The van der Waals surface area contributed by atoms with Gasteiger partial charge in [0, 0.05) is 25.4 Å². The van der Waals surface area contributed by atoms with Gasteiger partial charge in [0.05, 0.1) is 0 Å². The van der Waals surface area contributed by atoms with Crippen molar-refractivity contribution in [2.45, 2.75) is 25.7 Å². The number of hydrogen-bond donors (Lipinski definition) is 1. The molecule has 3 nitrogen and oxygen atoms in total. The molecule has 1 rings (SSSR count). The zero-order chi connectivity index (χ0) is 10.9. The van der Waals surface area contributed by atoms with Gasteiger partial charge in [0.25, 0.3) is 0 Å². The van der Waals surface area contributed by atoms with Crippen LogP contribution >= 0.6 is 0 Å². The van der Waals surface area contributed by atoms with Gasteiger partial charge in [0.2, 0.25) is 5.91 Å². The number of pyridine rings is 1. The highest BCUT2D eigenvalue weighted by Gasteiger charge is 1.99. The van der Waals surface area contributed by atoms with E-state index in [4.69, 9.17) is 0 Å². The van der Waals surface area contributed by atoms with Crippen molar-refractivity contribution in [3.8, 4) is 0 Å². The molecule has 0 aliphatic rings. The molecule has 0 aromatic carbocycles. The summed E-state index contributed by atoms with van der Waals surface area (Å²) in [4.78, 5) is 15.2. The molecule has 0 atom stereocenters. The first-order valence-electron chi connectivity index (χ1n) is 5.28. The molecule has 3 heteroatoms. The van der Waals surface area contributed by atoms with Gasteiger partial charge < -0.3 is 5.32 Å². The Hall–Kier alpha value is -1.38. The molecule has 0 saturated heterocycles. The number of aromatic nitrogens is 1. The van der Waals surface area contributed by atoms with Crippen molar-refractivity contribution in [3.05, 3.63) is 37.0 Å². The van der Waals surface area contributed by atoms with Crippen LogP contribution in [0.3, 0.4) is 0 Å². The zero-order valence-electron chi connectivity index (χ0n) is 8.91. The summed E-state index contributed by atoms with van der Waals surface area (Å²) < 4.78 is 0. The second-order valence-corrected chi connectivity index (χ2v) is 3.41. The first-order chi connectivity index (χ1) is 7.33. The highest BCUT2D eigenvalue weighted by molar-refractivity contribution is 5.75. The van der Waals surface area contributed by atoms with Gasteiger partial charge in [-0.25, -0.2) is 0 Å². The van der Waals surface area contributed by atoms with Crippen molar-refractivity contribution in [2.75, 3.05) is 6.54 Å². The van der Waals surface area contributed by atoms with Crippen molar-refractivity contribution < 1.29 is 4.79 Å². The number of aryl methyl sites for hydroxylation is 1. The number of rotatable bonds is 6. The minimum absolute atomic E-state index is 0.118. The summed E-state index contributed by atoms with van der Waals surface area (Å²) in [6.07, 6.45) is 6.70. The van der Waals surface area contributed by atoms with Crippen molar-refractivity contribution in [3.63, 3.8) is 0 Å². The normalized spacial score (nSPS) is 9.93. The summed E-state index contributed by atoms with van der Waals surface area (Å²) in [6.45, 7) is 4.34. The molecule has 0 saturated carbocycles. The summed E-state index contributed by atoms with van der Waals surface area (Å²) in [5.74, 6) is 0.118. The van der Waals surface area contributed by atoms with Crippen molar-refractivity contribution in [1.82, 2.24) is 10.3 Å². The van der Waals surface area contributed by atoms with E-state index in [1.807, 2.05) is 12.1 Å². The number of carbonyl (C=O) groups is 1. The van der Waals surface area contributed by atoms with Gasteiger partial charge in [-0.3, -0.25) is 9.78 Å². The van der Waals surface area contributed by atoms with Crippen LogP contribution in [0.15, 0.2) is 24.5 Å². The average Bonchev–Trinajstić information content (AvgIpc) is 2.28. The van der Waals surface area contributed by atoms with Crippen molar-refractivity contribution in [1.29, 1.82) is 0 Å². The minimum Gasteiger partial charge on any atom is -0.356 e. The van der Waals surface area contributed by atoms with Crippen LogP contribution in [0, 0.1) is 6.92 Å². The molecule has 1 amide bonds. The minimum atomic E-state index is 0.118. The molecule has 0 fully saturated rings. The Balaban J connectivity index is 2.14. The summed E-state index contributed by atoms with van der Waals surface area (Å²) in [7, 11) is 0. The maximum Gasteiger partial charge on any atom is 0.220 e. The Morgan fingerprint density at radius 3 is 2.80 bits per heavy atom. The van der Waals surface area contributed by atoms with Gasteiger partial charge in [0.15, 0.2) is 0 Å². The van der Waals surface area contributed by atoms with Gasteiger partial charge in [-0.1, -0.05) is 6.92 Å². The summed E-state index contributed by atoms with van der Waals surface area (Å²) >= 11 is 0. The smallest absolute Gasteiger partial charge is 0.220 e. The quantitative estimate of drug-likeness (QED) is 0.768. The van der Waals surface area contributed by atoms with Gasteiger partial charge in [-0.2, -0.15) is 0 Å². The third-order valence-electron chi connectivity index (χ3n) is 2.12. The van der Waals surface area contributed by atoms with Crippen molar-refractivity contribution in [2.24, 2.45) is 0 Å². The monoisotopic (exact) mass is 205 g/mol. The molecule has 1 radical (unpaired) electrons. The van der Waals surface area contributed by atoms with E-state index in [-0.39, 0.29) is 5.91 Å². The van der Waals surface area contributed by atoms with Crippen LogP contribution in [-0.2, 0) is 11.2 Å². The molecule has 1 aromatic rings. The topological polar surface area (TPSA) is 42.0 Å². The standard InChI is InChI=1S/C12H17N2O/c1-2-8-14-12(15)5-3-4-11-6-9-13-10-7-11/h6-7,9-10H,1-5,8H2,(H,14,15). The first-order valence-corrected chi connectivity index (χ1v) is 5.28. The molecule has 0 spiro atoms. The van der Waals surface area contributed by atoms with E-state index in [1.165, 1.54) is 5.56 Å². The molecule has 1 heterocycles. The molecular weight excluding hydrogens is 188 g/mol. The molecule has 0 aliphatic heterocycles. The highest BCUT2D eigenvalue weighted by Crippen LogP contribution is 2.02. The number of amides is 1. The average molecular weight is 205 g/mol. The number of hydrogen-bond acceptors (Lipinski definition) is 2. The Bertz CT molecular complexity index is 285. The van der Waals surface area contributed by atoms with Crippen LogP contribution in [0.25, 0.3) is 0 Å². The van der Waals surface area contributed by atoms with Gasteiger partial charge in [0.1, 0.15) is 0 Å². The van der Waals surface area contributed by atoms with E-state index in [9.17, 15) is 4.79 Å². The maximum atomic E-state index is 11.2. The Kier molecular flexibility index (Phi) is 5.44. The molecular formula is C12H17N2O. The van der Waals surface area contributed by atoms with E-state index >= 15 is 0 Å². The number of nitrogens with zero attached hydrogens (tertiary/aromatic N) is 1. The third kappa shape index (κ3) is 5.15. The van der Waals surface area contributed by atoms with Crippen molar-refractivity contribution >= 4 is 5.91 Å². The first kappa shape index (κ1) is 11.7. The lowest BCUT2D eigenvalue weighted by Crippen LogP contribution is -2.23. The van der Waals surface area contributed by atoms with Crippen LogP contribution < -0.4 is 5.32 Å². The Morgan fingerprint density at radius 1 is 1.40 bits per heavy atom. The third-order valence-corrected chi connectivity index (χ3v) is 2.12. The van der Waals surface area contributed by atoms with Gasteiger partial charge in [-0.05, 0) is 37.0 Å². The van der Waals surface area contributed by atoms with Gasteiger partial charge >= 0.3 is 0 Å². The summed E-state index contributed by atoms with van der Waals surface area (Å²) in [6, 6.07) is 3.96. The lowest BCUT2D eigenvalue weighted by atomic mass is 10.1. The fourth-order valence-corrected chi connectivity index (χ4v) is 1.32. The molecule has 1 N–H and O–H groups in total. The molecule has 1 aromatic heterocycles. The molecule has 0 unspecified atom stereocenters. The van der Waals surface area contributed by atoms with E-state index < -0.39 is 0 Å². The van der Waals surface area contributed by atoms with E-state index in [2.05, 4.69) is 17.2 Å². The second kappa shape index (κ2) is 6.98. The number of nitrogens with one attached hydrogen (secondary N) is 1. The highest BCUT2D eigenvalue weighted by atomic mass is 16.1. The van der Waals surface area contributed by atoms with E-state index in [1.54, 1.807) is 12.4 Å². The van der Waals surface area contributed by atoms with Gasteiger partial charge in [-0.15, -0.1) is 0 Å². The number of carbonyl (C=O) groups excluding carboxylic acids is 1. The van der Waals surface area contributed by atoms with E-state index in [0.717, 1.165) is 19.3 Å². The van der Waals surface area contributed by atoms with Crippen LogP contribution in [0.1, 0.15) is 24.8 Å². The summed E-state index contributed by atoms with van der Waals surface area (Å²) in [5, 5.41) is 2.80. The van der Waals surface area contributed by atoms with Crippen LogP contribution in [-0.4, -0.2) is 17.4 Å². The predicted octanol–water partition coefficient (Wildman–Crippen LogP) is 1.74. The van der Waals surface area contributed by atoms with Crippen LogP contribution in [0.4, 0.5) is 0 Å². The largest absolute Gasteiger partial charge is 0.356 e. The molecule has 0 aliphatic carbocycles. The fourth-order valence-electron chi connectivity index (χ4n) is 1.32. The lowest BCUT2D eigenvalue weighted by molar-refractivity contribution is -0.121. The van der Waals surface area contributed by atoms with Crippen LogP contribution in [0.5, 0.6) is 0 Å². The Morgan fingerprint density at radius 2 is 2.13 bits per heavy atom. The fraction of sp³-hybridized carbons (Fsp3) is 0.417. The van der Waals surface area contributed by atoms with Crippen LogP contribution in [0.2, 0.25) is 0 Å². The SMILES string of the molecule is [CH2]CCNC(=O)CCCc1ccncc1. The predicted molar refractivity (Wildman–Crippen MR) is 60.2 cm³/mol. The summed E-state index contributed by atoms with van der Waals surface area (Å²) in [5.41, 5.74) is 1.23.